The monoisotopic (exact) mass is 506 g/mol. The molecule has 0 bridgehead atoms. The van der Waals surface area contributed by atoms with Crippen LogP contribution in [0.3, 0.4) is 0 Å². The highest BCUT2D eigenvalue weighted by atomic mass is 16.2. The molecule has 37 heavy (non-hydrogen) atoms. The highest BCUT2D eigenvalue weighted by Gasteiger charge is 2.04. The molecule has 0 atom stereocenters. The van der Waals surface area contributed by atoms with Gasteiger partial charge in [0.05, 0.1) is 12.4 Å². The topological polar surface area (TPSA) is 89.4 Å². The van der Waals surface area contributed by atoms with Gasteiger partial charge in [0.25, 0.3) is 0 Å². The zero-order valence-electron chi connectivity index (χ0n) is 22.7. The third-order valence-corrected chi connectivity index (χ3v) is 6.16. The zero-order valence-corrected chi connectivity index (χ0v) is 22.7. The van der Waals surface area contributed by atoms with Crippen molar-refractivity contribution in [1.29, 1.82) is 0 Å². The molecule has 0 heterocycles. The molecular formula is C29H42N6O2. The average molecular weight is 507 g/mol. The number of carbonyl (C=O) groups excluding carboxylic acids is 2. The van der Waals surface area contributed by atoms with Gasteiger partial charge in [0.15, 0.2) is 0 Å². The summed E-state index contributed by atoms with van der Waals surface area (Å²) in [6.45, 7) is 12.4. The summed E-state index contributed by atoms with van der Waals surface area (Å²) < 4.78 is 0. The van der Waals surface area contributed by atoms with E-state index in [0.29, 0.717) is 25.7 Å². The minimum Gasteiger partial charge on any atom is -0.372 e. The Morgan fingerprint density at radius 1 is 0.622 bits per heavy atom. The van der Waals surface area contributed by atoms with Crippen molar-refractivity contribution < 1.29 is 9.59 Å². The average Bonchev–Trinajstić information content (AvgIpc) is 2.91. The molecule has 2 N–H and O–H groups in total. The molecule has 0 fully saturated rings. The Hall–Kier alpha value is -3.68. The van der Waals surface area contributed by atoms with Crippen molar-refractivity contribution in [2.45, 2.75) is 59.8 Å². The fourth-order valence-electron chi connectivity index (χ4n) is 3.94. The largest absolute Gasteiger partial charge is 0.372 e. The molecular weight excluding hydrogens is 464 g/mol. The van der Waals surface area contributed by atoms with E-state index in [-0.39, 0.29) is 11.8 Å². The van der Waals surface area contributed by atoms with Gasteiger partial charge in [-0.3, -0.25) is 9.59 Å². The number of hydrazone groups is 2. The highest BCUT2D eigenvalue weighted by Crippen LogP contribution is 2.15. The third-order valence-electron chi connectivity index (χ3n) is 6.16. The maximum Gasteiger partial charge on any atom is 0.240 e. The Morgan fingerprint density at radius 2 is 0.973 bits per heavy atom. The van der Waals surface area contributed by atoms with Crippen LogP contribution < -0.4 is 20.7 Å². The van der Waals surface area contributed by atoms with Crippen LogP contribution in [0.15, 0.2) is 58.7 Å². The van der Waals surface area contributed by atoms with Crippen LogP contribution in [0.25, 0.3) is 0 Å². The summed E-state index contributed by atoms with van der Waals surface area (Å²) in [5.41, 5.74) is 9.35. The van der Waals surface area contributed by atoms with E-state index >= 15 is 0 Å². The highest BCUT2D eigenvalue weighted by molar-refractivity contribution is 5.83. The van der Waals surface area contributed by atoms with Crippen LogP contribution in [-0.2, 0) is 9.59 Å². The Kier molecular flexibility index (Phi) is 13.5. The van der Waals surface area contributed by atoms with Crippen LogP contribution in [-0.4, -0.2) is 50.4 Å². The number of anilines is 2. The minimum atomic E-state index is -0.128. The standard InChI is InChI=1S/C29H42N6O2/c1-5-34(6-2)26-18-14-24(15-19-26)22-30-32-28(36)12-10-9-11-13-29(37)33-31-23-25-16-20-27(21-17-25)35(7-3)8-4/h14-23H,5-13H2,1-4H3,(H,32,36)(H,33,37)/b30-22+,31-23+. The van der Waals surface area contributed by atoms with Gasteiger partial charge in [-0.25, -0.2) is 10.9 Å². The van der Waals surface area contributed by atoms with Crippen LogP contribution in [0.2, 0.25) is 0 Å². The lowest BCUT2D eigenvalue weighted by atomic mass is 10.1. The second-order valence-electron chi connectivity index (χ2n) is 8.67. The summed E-state index contributed by atoms with van der Waals surface area (Å²) in [5, 5.41) is 8.09. The van der Waals surface area contributed by atoms with E-state index in [2.05, 4.69) is 82.8 Å². The first-order valence-corrected chi connectivity index (χ1v) is 13.3. The first kappa shape index (κ1) is 29.5. The van der Waals surface area contributed by atoms with Crippen molar-refractivity contribution in [2.24, 2.45) is 10.2 Å². The molecule has 0 unspecified atom stereocenters. The SMILES string of the molecule is CCN(CC)c1ccc(/C=N/NC(=O)CCCCCC(=O)N/N=C/c2ccc(N(CC)CC)cc2)cc1. The van der Waals surface area contributed by atoms with Gasteiger partial charge < -0.3 is 9.80 Å². The van der Waals surface area contributed by atoms with Crippen molar-refractivity contribution in [3.05, 3.63) is 59.7 Å². The van der Waals surface area contributed by atoms with E-state index in [4.69, 9.17) is 0 Å². The lowest BCUT2D eigenvalue weighted by Gasteiger charge is -2.20. The summed E-state index contributed by atoms with van der Waals surface area (Å²) in [4.78, 5) is 28.5. The van der Waals surface area contributed by atoms with Crippen molar-refractivity contribution >= 4 is 35.6 Å². The van der Waals surface area contributed by atoms with Crippen LogP contribution in [0, 0.1) is 0 Å². The Morgan fingerprint density at radius 3 is 1.30 bits per heavy atom. The molecule has 0 spiro atoms. The molecule has 0 aliphatic rings. The van der Waals surface area contributed by atoms with Crippen LogP contribution in [0.5, 0.6) is 0 Å². The maximum absolute atomic E-state index is 12.0. The number of amides is 2. The van der Waals surface area contributed by atoms with Crippen molar-refractivity contribution in [1.82, 2.24) is 10.9 Å². The molecule has 0 saturated carbocycles. The van der Waals surface area contributed by atoms with Crippen molar-refractivity contribution in [3.8, 4) is 0 Å². The summed E-state index contributed by atoms with van der Waals surface area (Å²) in [6, 6.07) is 16.2. The molecule has 2 amide bonds. The Bertz CT molecular complexity index is 913. The predicted molar refractivity (Wildman–Crippen MR) is 155 cm³/mol. The van der Waals surface area contributed by atoms with Crippen molar-refractivity contribution in [3.63, 3.8) is 0 Å². The molecule has 0 saturated heterocycles. The molecule has 0 radical (unpaired) electrons. The smallest absolute Gasteiger partial charge is 0.240 e. The second kappa shape index (κ2) is 16.9. The van der Waals surface area contributed by atoms with E-state index < -0.39 is 0 Å². The van der Waals surface area contributed by atoms with Gasteiger partial charge in [-0.2, -0.15) is 10.2 Å². The molecule has 2 rings (SSSR count). The molecule has 200 valence electrons. The van der Waals surface area contributed by atoms with Crippen LogP contribution >= 0.6 is 0 Å². The Balaban J connectivity index is 1.58. The predicted octanol–water partition coefficient (Wildman–Crippen LogP) is 4.93. The van der Waals surface area contributed by atoms with Gasteiger partial charge in [0.1, 0.15) is 0 Å². The van der Waals surface area contributed by atoms with Gasteiger partial charge in [-0.05, 0) is 75.9 Å². The summed E-state index contributed by atoms with van der Waals surface area (Å²) in [7, 11) is 0. The fourth-order valence-corrected chi connectivity index (χ4v) is 3.94. The maximum atomic E-state index is 12.0. The number of nitrogens with zero attached hydrogens (tertiary/aromatic N) is 4. The molecule has 0 aliphatic heterocycles. The van der Waals surface area contributed by atoms with E-state index in [0.717, 1.165) is 43.7 Å². The Labute approximate surface area is 221 Å². The van der Waals surface area contributed by atoms with E-state index in [9.17, 15) is 9.59 Å². The quantitative estimate of drug-likeness (QED) is 0.192. The molecule has 2 aromatic rings. The number of hydrogen-bond acceptors (Lipinski definition) is 6. The minimum absolute atomic E-state index is 0.128. The lowest BCUT2D eigenvalue weighted by Crippen LogP contribution is -2.21. The molecule has 0 aliphatic carbocycles. The van der Waals surface area contributed by atoms with Gasteiger partial charge in [-0.1, -0.05) is 30.7 Å². The first-order valence-electron chi connectivity index (χ1n) is 13.3. The summed E-state index contributed by atoms with van der Waals surface area (Å²) >= 11 is 0. The second-order valence-corrected chi connectivity index (χ2v) is 8.67. The van der Waals surface area contributed by atoms with E-state index in [1.807, 2.05) is 24.3 Å². The number of benzene rings is 2. The van der Waals surface area contributed by atoms with Gasteiger partial charge >= 0.3 is 0 Å². The summed E-state index contributed by atoms with van der Waals surface area (Å²) in [6.07, 6.45) is 6.24. The third kappa shape index (κ3) is 10.9. The molecule has 2 aromatic carbocycles. The number of nitrogens with one attached hydrogen (secondary N) is 2. The van der Waals surface area contributed by atoms with Gasteiger partial charge in [0.2, 0.25) is 11.8 Å². The van der Waals surface area contributed by atoms with Crippen molar-refractivity contribution in [2.75, 3.05) is 36.0 Å². The molecule has 8 nitrogen and oxygen atoms in total. The first-order chi connectivity index (χ1) is 18.0. The zero-order chi connectivity index (χ0) is 26.9. The molecule has 8 heteroatoms. The van der Waals surface area contributed by atoms with Crippen LogP contribution in [0.1, 0.15) is 70.9 Å². The van der Waals surface area contributed by atoms with Gasteiger partial charge in [0, 0.05) is 50.4 Å². The van der Waals surface area contributed by atoms with Crippen LogP contribution in [0.4, 0.5) is 11.4 Å². The molecule has 0 aromatic heterocycles. The summed E-state index contributed by atoms with van der Waals surface area (Å²) in [5.74, 6) is -0.255. The van der Waals surface area contributed by atoms with Gasteiger partial charge in [-0.15, -0.1) is 0 Å². The van der Waals surface area contributed by atoms with E-state index in [1.165, 1.54) is 11.4 Å². The number of carbonyl (C=O) groups is 2. The number of rotatable bonds is 16. The lowest BCUT2D eigenvalue weighted by molar-refractivity contribution is -0.121. The normalized spacial score (nSPS) is 11.1. The fraction of sp³-hybridized carbons (Fsp3) is 0.448. The number of unbranched alkanes of at least 4 members (excludes halogenated alkanes) is 2. The van der Waals surface area contributed by atoms with E-state index in [1.54, 1.807) is 12.4 Å². The number of hydrogen-bond donors (Lipinski definition) is 2.